The summed E-state index contributed by atoms with van der Waals surface area (Å²) >= 11 is 3.24. The van der Waals surface area contributed by atoms with Crippen molar-refractivity contribution >= 4 is 20.2 Å². The van der Waals surface area contributed by atoms with Gasteiger partial charge in [-0.3, -0.25) is 4.21 Å². The molecule has 0 unspecified atom stereocenters. The lowest BCUT2D eigenvalue weighted by Crippen LogP contribution is -1.88. The van der Waals surface area contributed by atoms with Crippen LogP contribution in [0.2, 0.25) is 0 Å². The third kappa shape index (κ3) is 718. The largest absolute Gasteiger partial charge is 0.780 e. The van der Waals surface area contributed by atoms with E-state index in [1.165, 1.54) is 0 Å². The zero-order valence-corrected chi connectivity index (χ0v) is 4.67. The van der Waals surface area contributed by atoms with Crippen molar-refractivity contribution in [3.8, 4) is 0 Å². The van der Waals surface area contributed by atoms with Crippen LogP contribution in [0.1, 0.15) is 0 Å². The first kappa shape index (κ1) is 9.54. The van der Waals surface area contributed by atoms with Crippen molar-refractivity contribution < 1.29 is 13.3 Å². The molecule has 0 rings (SSSR count). The Labute approximate surface area is 40.5 Å². The van der Waals surface area contributed by atoms with Gasteiger partial charge >= 0.3 is 0 Å². The van der Waals surface area contributed by atoms with Gasteiger partial charge in [-0.2, -0.15) is 0 Å². The molecule has 4 N–H and O–H groups in total. The summed E-state index contributed by atoms with van der Waals surface area (Å²) in [5.74, 6) is 0. The Morgan fingerprint density at radius 2 is 1.50 bits per heavy atom. The molecular weight excluding hydrogens is 126 g/mol. The molecule has 0 aromatic heterocycles. The second-order valence-electron chi connectivity index (χ2n) is 0.408. The fourth-order valence-electron chi connectivity index (χ4n) is 0. The predicted octanol–water partition coefficient (Wildman–Crippen LogP) is -0.630. The highest BCUT2D eigenvalue weighted by molar-refractivity contribution is 8.26. The molecule has 0 bridgehead atoms. The number of hydrogen-bond donors (Lipinski definition) is 1. The first-order chi connectivity index (χ1) is 2.00. The number of hydrogen-bond acceptors (Lipinski definition) is 4. The molecule has 0 fully saturated rings. The third-order valence-electron chi connectivity index (χ3n) is 0. The Hall–Kier alpha value is 0.250. The van der Waals surface area contributed by atoms with E-state index in [9.17, 15) is 0 Å². The van der Waals surface area contributed by atoms with Crippen LogP contribution in [0.5, 0.6) is 0 Å². The van der Waals surface area contributed by atoms with Gasteiger partial charge in [0.15, 0.2) is 0 Å². The summed E-state index contributed by atoms with van der Waals surface area (Å²) in [4.78, 5) is 0. The van der Waals surface area contributed by atoms with E-state index in [-0.39, 0.29) is 6.15 Å². The first-order valence-electron chi connectivity index (χ1n) is 0.667. The van der Waals surface area contributed by atoms with E-state index in [2.05, 4.69) is 11.2 Å². The van der Waals surface area contributed by atoms with Crippen LogP contribution >= 0.6 is 0 Å². The lowest BCUT2D eigenvalue weighted by atomic mass is 14.0. The van der Waals surface area contributed by atoms with Gasteiger partial charge in [-0.15, -0.1) is 9.05 Å². The van der Waals surface area contributed by atoms with Gasteiger partial charge in [0.2, 0.25) is 0 Å². The van der Waals surface area contributed by atoms with Gasteiger partial charge in [0, 0.05) is 0 Å². The van der Waals surface area contributed by atoms with Crippen LogP contribution in [0, 0.1) is 0 Å². The summed E-state index contributed by atoms with van der Waals surface area (Å²) < 4.78 is 26.7. The Bertz CT molecular complexity index is 92.0. The van der Waals surface area contributed by atoms with E-state index in [1.807, 2.05) is 0 Å². The van der Waals surface area contributed by atoms with Crippen LogP contribution in [-0.2, 0) is 20.2 Å². The van der Waals surface area contributed by atoms with Crippen LogP contribution in [0.3, 0.4) is 0 Å². The molecule has 0 amide bonds. The summed E-state index contributed by atoms with van der Waals surface area (Å²) in [6, 6.07) is 0. The minimum atomic E-state index is -4.33. The third-order valence-corrected chi connectivity index (χ3v) is 0. The molecule has 0 aliphatic heterocycles. The Balaban J connectivity index is 0. The molecule has 0 spiro atoms. The molecule has 4 nitrogen and oxygen atoms in total. The van der Waals surface area contributed by atoms with Crippen molar-refractivity contribution in [1.82, 2.24) is 6.15 Å². The summed E-state index contributed by atoms with van der Waals surface area (Å²) in [5, 5.41) is 0. The minimum absolute atomic E-state index is 0. The summed E-state index contributed by atoms with van der Waals surface area (Å²) in [5.41, 5.74) is 0. The van der Waals surface area contributed by atoms with Crippen molar-refractivity contribution in [3.63, 3.8) is 0 Å². The lowest BCUT2D eigenvalue weighted by molar-refractivity contribution is 0.416. The second-order valence-corrected chi connectivity index (χ2v) is 2.45. The average molecular weight is 130 g/mol. The first-order valence-corrected chi connectivity index (χ1v) is 3.00. The average Bonchev–Trinajstić information content (AvgIpc) is 0.722. The highest BCUT2D eigenvalue weighted by atomic mass is 32.9. The zero-order valence-electron chi connectivity index (χ0n) is 3.04. The summed E-state index contributed by atoms with van der Waals surface area (Å²) in [7, 11) is -4.33. The van der Waals surface area contributed by atoms with Gasteiger partial charge in [0.25, 0.3) is 0 Å². The standard InChI is InChI=1S/H3N.H2O3S2/c;1-5(2,3)4/h1H3;(H2,1,2,3,4)/p-1. The molecular formula is H4NO3S2-. The molecule has 40 valence electrons. The quantitative estimate of drug-likeness (QED) is 0.471. The van der Waals surface area contributed by atoms with Crippen molar-refractivity contribution in [1.29, 1.82) is 0 Å². The van der Waals surface area contributed by atoms with E-state index in [1.54, 1.807) is 0 Å². The monoisotopic (exact) mass is 130 g/mol. The lowest BCUT2D eigenvalue weighted by Gasteiger charge is -2.12. The maximum Gasteiger partial charge on any atom is -0.0484 e. The van der Waals surface area contributed by atoms with Gasteiger partial charge in [-0.05, 0) is 11.2 Å². The maximum absolute atomic E-state index is 8.89. The van der Waals surface area contributed by atoms with Crippen LogP contribution in [0.15, 0.2) is 0 Å². The van der Waals surface area contributed by atoms with Gasteiger partial charge in [-0.1, -0.05) is 0 Å². The molecule has 0 saturated carbocycles. The molecule has 6 heavy (non-hydrogen) atoms. The van der Waals surface area contributed by atoms with Crippen molar-refractivity contribution in [3.05, 3.63) is 0 Å². The zero-order chi connectivity index (χ0) is 4.50. The Morgan fingerprint density at radius 3 is 1.50 bits per heavy atom. The molecule has 0 aliphatic carbocycles. The van der Waals surface area contributed by atoms with Crippen molar-refractivity contribution in [2.24, 2.45) is 0 Å². The van der Waals surface area contributed by atoms with Gasteiger partial charge < -0.3 is 15.3 Å². The predicted molar refractivity (Wildman–Crippen MR) is 23.0 cm³/mol. The molecule has 0 aromatic carbocycles. The van der Waals surface area contributed by atoms with E-state index in [0.717, 1.165) is 0 Å². The highest BCUT2D eigenvalue weighted by Gasteiger charge is 1.43. The van der Waals surface area contributed by atoms with Crippen LogP contribution in [-0.4, -0.2) is 13.3 Å². The Kier molecular flexibility index (Phi) is 3.86. The van der Waals surface area contributed by atoms with E-state index >= 15 is 0 Å². The number of quaternary nitrogens is 1. The van der Waals surface area contributed by atoms with Gasteiger partial charge in [-0.25, -0.2) is 0 Å². The molecule has 0 aromatic rings. The summed E-state index contributed by atoms with van der Waals surface area (Å²) in [6.45, 7) is 0. The molecule has 6 heteroatoms. The van der Waals surface area contributed by atoms with E-state index in [0.29, 0.717) is 0 Å². The maximum atomic E-state index is 8.89. The highest BCUT2D eigenvalue weighted by Crippen LogP contribution is 1.60. The summed E-state index contributed by atoms with van der Waals surface area (Å²) in [6.07, 6.45) is 0. The molecule has 0 saturated heterocycles. The molecule has 0 aliphatic rings. The fraction of sp³-hybridized carbons (Fsp3) is 0. The van der Waals surface area contributed by atoms with E-state index < -0.39 is 9.05 Å². The Morgan fingerprint density at radius 1 is 1.50 bits per heavy atom. The fourth-order valence-corrected chi connectivity index (χ4v) is 0. The van der Waals surface area contributed by atoms with Crippen LogP contribution in [0.4, 0.5) is 0 Å². The minimum Gasteiger partial charge on any atom is -0.780 e. The second kappa shape index (κ2) is 2.43. The smallest absolute Gasteiger partial charge is 0.0484 e. The van der Waals surface area contributed by atoms with E-state index in [4.69, 9.17) is 13.3 Å². The normalized spacial score (nSPS) is 9.67. The van der Waals surface area contributed by atoms with Gasteiger partial charge in [0.1, 0.15) is 0 Å². The topological polar surface area (TPSA) is 99.7 Å². The SMILES string of the molecule is O=S([O-])([O-])=S.[NH4+]. The van der Waals surface area contributed by atoms with Crippen molar-refractivity contribution in [2.75, 3.05) is 0 Å². The van der Waals surface area contributed by atoms with Gasteiger partial charge in [0.05, 0.1) is 0 Å². The van der Waals surface area contributed by atoms with Crippen molar-refractivity contribution in [2.45, 2.75) is 0 Å². The van der Waals surface area contributed by atoms with Crippen LogP contribution in [0.25, 0.3) is 0 Å². The van der Waals surface area contributed by atoms with Crippen LogP contribution < -0.4 is 6.15 Å². The molecule has 0 radical (unpaired) electrons. The number of rotatable bonds is 0. The molecule has 0 heterocycles. The molecule has 0 atom stereocenters.